The van der Waals surface area contributed by atoms with Crippen molar-refractivity contribution in [2.24, 2.45) is 5.73 Å². The van der Waals surface area contributed by atoms with Crippen LogP contribution in [0, 0.1) is 0 Å². The Hall–Kier alpha value is -2.74. The maximum atomic E-state index is 12.1. The molecule has 0 unspecified atom stereocenters. The number of nitrogens with one attached hydrogen (secondary N) is 1. The summed E-state index contributed by atoms with van der Waals surface area (Å²) >= 11 is 1.02. The van der Waals surface area contributed by atoms with Gasteiger partial charge in [0.1, 0.15) is 4.88 Å². The predicted molar refractivity (Wildman–Crippen MR) is 86.6 cm³/mol. The molecule has 1 aliphatic rings. The van der Waals surface area contributed by atoms with Crippen molar-refractivity contribution >= 4 is 39.9 Å². The van der Waals surface area contributed by atoms with Gasteiger partial charge in [-0.15, -0.1) is 0 Å². The van der Waals surface area contributed by atoms with E-state index in [1.807, 2.05) is 0 Å². The molecule has 1 aromatic carbocycles. The van der Waals surface area contributed by atoms with Gasteiger partial charge in [0.2, 0.25) is 5.91 Å². The molecule has 7 nitrogen and oxygen atoms in total. The van der Waals surface area contributed by atoms with Crippen LogP contribution in [0.2, 0.25) is 0 Å². The lowest BCUT2D eigenvalue weighted by atomic mass is 10.2. The molecule has 0 bridgehead atoms. The lowest BCUT2D eigenvalue weighted by Gasteiger charge is -2.15. The Balaban J connectivity index is 1.69. The molecule has 8 heteroatoms. The highest BCUT2D eigenvalue weighted by molar-refractivity contribution is 7.17. The molecule has 2 aromatic rings. The van der Waals surface area contributed by atoms with Gasteiger partial charge < -0.3 is 10.6 Å². The summed E-state index contributed by atoms with van der Waals surface area (Å²) in [5.41, 5.74) is 6.37. The van der Waals surface area contributed by atoms with Gasteiger partial charge in [0.05, 0.1) is 6.20 Å². The molecular formula is C15H14N4O3S. The molecule has 0 radical (unpaired) electrons. The number of hydrogen-bond acceptors (Lipinski definition) is 5. The first-order chi connectivity index (χ1) is 11.0. The zero-order valence-corrected chi connectivity index (χ0v) is 12.9. The summed E-state index contributed by atoms with van der Waals surface area (Å²) in [5, 5.41) is 2.92. The van der Waals surface area contributed by atoms with Crippen molar-refractivity contribution in [1.29, 1.82) is 0 Å². The number of aromatic nitrogens is 1. The quantitative estimate of drug-likeness (QED) is 0.888. The van der Waals surface area contributed by atoms with Crippen molar-refractivity contribution in [3.63, 3.8) is 0 Å². The van der Waals surface area contributed by atoms with E-state index in [-0.39, 0.29) is 16.7 Å². The average molecular weight is 330 g/mol. The van der Waals surface area contributed by atoms with E-state index in [4.69, 9.17) is 5.73 Å². The number of primary amides is 1. The number of rotatable bonds is 4. The van der Waals surface area contributed by atoms with Crippen LogP contribution in [0.1, 0.15) is 32.9 Å². The van der Waals surface area contributed by atoms with E-state index in [1.165, 1.54) is 6.20 Å². The molecule has 2 heterocycles. The summed E-state index contributed by atoms with van der Waals surface area (Å²) in [4.78, 5) is 40.8. The number of amides is 3. The fourth-order valence-corrected chi connectivity index (χ4v) is 2.99. The van der Waals surface area contributed by atoms with Gasteiger partial charge in [-0.25, -0.2) is 4.98 Å². The van der Waals surface area contributed by atoms with Crippen LogP contribution >= 0.6 is 11.3 Å². The standard InChI is InChI=1S/C15H14N4O3S/c16-13(21)11-8-17-15(23-11)18-14(22)9-3-5-10(6-4-9)19-7-1-2-12(19)20/h3-6,8H,1-2,7H2,(H2,16,21)(H,17,18,22). The first-order valence-electron chi connectivity index (χ1n) is 7.02. The van der Waals surface area contributed by atoms with E-state index >= 15 is 0 Å². The molecule has 1 aliphatic heterocycles. The summed E-state index contributed by atoms with van der Waals surface area (Å²) in [7, 11) is 0. The molecule has 0 aliphatic carbocycles. The third-order valence-corrected chi connectivity index (χ3v) is 4.41. The second-order valence-corrected chi connectivity index (χ2v) is 6.07. The third kappa shape index (κ3) is 3.21. The van der Waals surface area contributed by atoms with E-state index in [1.54, 1.807) is 29.2 Å². The molecule has 3 N–H and O–H groups in total. The average Bonchev–Trinajstić information content (AvgIpc) is 3.16. The zero-order chi connectivity index (χ0) is 16.4. The van der Waals surface area contributed by atoms with Crippen molar-refractivity contribution in [2.45, 2.75) is 12.8 Å². The van der Waals surface area contributed by atoms with Crippen molar-refractivity contribution < 1.29 is 14.4 Å². The fourth-order valence-electron chi connectivity index (χ4n) is 2.33. The topological polar surface area (TPSA) is 105 Å². The van der Waals surface area contributed by atoms with Crippen LogP contribution in [0.5, 0.6) is 0 Å². The largest absolute Gasteiger partial charge is 0.365 e. The van der Waals surface area contributed by atoms with Crippen LogP contribution < -0.4 is 16.0 Å². The smallest absolute Gasteiger partial charge is 0.260 e. The molecule has 0 saturated carbocycles. The van der Waals surface area contributed by atoms with Gasteiger partial charge in [0, 0.05) is 24.2 Å². The lowest BCUT2D eigenvalue weighted by Crippen LogP contribution is -2.23. The van der Waals surface area contributed by atoms with Gasteiger partial charge in [0.25, 0.3) is 11.8 Å². The molecule has 3 amide bonds. The second kappa shape index (κ2) is 6.17. The molecule has 3 rings (SSSR count). The highest BCUT2D eigenvalue weighted by Gasteiger charge is 2.21. The first-order valence-corrected chi connectivity index (χ1v) is 7.83. The maximum Gasteiger partial charge on any atom is 0.260 e. The first kappa shape index (κ1) is 15.2. The third-order valence-electron chi connectivity index (χ3n) is 3.48. The number of nitrogens with zero attached hydrogens (tertiary/aromatic N) is 2. The van der Waals surface area contributed by atoms with Gasteiger partial charge in [-0.05, 0) is 30.7 Å². The summed E-state index contributed by atoms with van der Waals surface area (Å²) in [6, 6.07) is 6.79. The van der Waals surface area contributed by atoms with Crippen LogP contribution in [0.25, 0.3) is 0 Å². The summed E-state index contributed by atoms with van der Waals surface area (Å²) in [6.45, 7) is 0.708. The SMILES string of the molecule is NC(=O)c1cnc(NC(=O)c2ccc(N3CCCC3=O)cc2)s1. The van der Waals surface area contributed by atoms with Crippen LogP contribution in [0.15, 0.2) is 30.5 Å². The molecule has 1 fully saturated rings. The van der Waals surface area contributed by atoms with E-state index in [0.29, 0.717) is 23.7 Å². The van der Waals surface area contributed by atoms with E-state index < -0.39 is 5.91 Å². The Morgan fingerprint density at radius 3 is 2.57 bits per heavy atom. The fraction of sp³-hybridized carbons (Fsp3) is 0.200. The maximum absolute atomic E-state index is 12.1. The minimum atomic E-state index is -0.581. The molecular weight excluding hydrogens is 316 g/mol. The molecule has 0 spiro atoms. The summed E-state index contributed by atoms with van der Waals surface area (Å²) in [5.74, 6) is -0.818. The Bertz CT molecular complexity index is 769. The number of hydrogen-bond donors (Lipinski definition) is 2. The number of benzene rings is 1. The molecule has 23 heavy (non-hydrogen) atoms. The van der Waals surface area contributed by atoms with Crippen molar-refractivity contribution in [1.82, 2.24) is 4.98 Å². The Morgan fingerprint density at radius 1 is 1.26 bits per heavy atom. The van der Waals surface area contributed by atoms with Crippen molar-refractivity contribution in [2.75, 3.05) is 16.8 Å². The van der Waals surface area contributed by atoms with Crippen molar-refractivity contribution in [3.8, 4) is 0 Å². The number of anilines is 2. The van der Waals surface area contributed by atoms with Crippen LogP contribution in [0.3, 0.4) is 0 Å². The van der Waals surface area contributed by atoms with Crippen LogP contribution in [-0.2, 0) is 4.79 Å². The lowest BCUT2D eigenvalue weighted by molar-refractivity contribution is -0.117. The normalized spacial score (nSPS) is 14.1. The molecule has 1 saturated heterocycles. The summed E-state index contributed by atoms with van der Waals surface area (Å²) in [6.07, 6.45) is 2.74. The van der Waals surface area contributed by atoms with E-state index in [2.05, 4.69) is 10.3 Å². The number of nitrogens with two attached hydrogens (primary N) is 1. The second-order valence-electron chi connectivity index (χ2n) is 5.04. The minimum Gasteiger partial charge on any atom is -0.365 e. The zero-order valence-electron chi connectivity index (χ0n) is 12.1. The predicted octanol–water partition coefficient (Wildman–Crippen LogP) is 1.62. The van der Waals surface area contributed by atoms with E-state index in [0.717, 1.165) is 23.4 Å². The van der Waals surface area contributed by atoms with Gasteiger partial charge in [-0.3, -0.25) is 19.7 Å². The summed E-state index contributed by atoms with van der Waals surface area (Å²) < 4.78 is 0. The number of thiazole rings is 1. The Labute approximate surface area is 136 Å². The van der Waals surface area contributed by atoms with Gasteiger partial charge in [0.15, 0.2) is 5.13 Å². The van der Waals surface area contributed by atoms with Crippen LogP contribution in [0.4, 0.5) is 10.8 Å². The minimum absolute atomic E-state index is 0.101. The number of carbonyl (C=O) groups excluding carboxylic acids is 3. The monoisotopic (exact) mass is 330 g/mol. The molecule has 118 valence electrons. The molecule has 0 atom stereocenters. The highest BCUT2D eigenvalue weighted by Crippen LogP contribution is 2.22. The molecule has 1 aromatic heterocycles. The van der Waals surface area contributed by atoms with Gasteiger partial charge >= 0.3 is 0 Å². The van der Waals surface area contributed by atoms with Crippen LogP contribution in [-0.4, -0.2) is 29.3 Å². The number of carbonyl (C=O) groups is 3. The Morgan fingerprint density at radius 2 is 2.00 bits per heavy atom. The van der Waals surface area contributed by atoms with Gasteiger partial charge in [-0.2, -0.15) is 0 Å². The Kier molecular flexibility index (Phi) is 4.07. The van der Waals surface area contributed by atoms with E-state index in [9.17, 15) is 14.4 Å². The van der Waals surface area contributed by atoms with Crippen molar-refractivity contribution in [3.05, 3.63) is 40.9 Å². The highest BCUT2D eigenvalue weighted by atomic mass is 32.1. The van der Waals surface area contributed by atoms with Gasteiger partial charge in [-0.1, -0.05) is 11.3 Å².